The van der Waals surface area contributed by atoms with Crippen LogP contribution in [0.25, 0.3) is 0 Å². The van der Waals surface area contributed by atoms with Gasteiger partial charge in [0.1, 0.15) is 0 Å². The Kier molecular flexibility index (Phi) is 5.73. The summed E-state index contributed by atoms with van der Waals surface area (Å²) in [4.78, 5) is 25.9. The first-order valence-corrected chi connectivity index (χ1v) is 12.4. The number of hydrogen-bond donors (Lipinski definition) is 0. The van der Waals surface area contributed by atoms with Gasteiger partial charge in [0.2, 0.25) is 0 Å². The first-order valence-electron chi connectivity index (χ1n) is 12.4. The van der Waals surface area contributed by atoms with Crippen LogP contribution < -0.4 is 0 Å². The van der Waals surface area contributed by atoms with Gasteiger partial charge in [-0.2, -0.15) is 0 Å². The minimum Gasteiger partial charge on any atom is -0.469 e. The van der Waals surface area contributed by atoms with Gasteiger partial charge in [0.25, 0.3) is 0 Å². The zero-order valence-electron chi connectivity index (χ0n) is 20.0. The number of ketones is 1. The van der Waals surface area contributed by atoms with Crippen LogP contribution in [0.4, 0.5) is 0 Å². The number of esters is 1. The Morgan fingerprint density at radius 1 is 1.13 bits per heavy atom. The van der Waals surface area contributed by atoms with Crippen molar-refractivity contribution in [2.45, 2.75) is 86.0 Å². The van der Waals surface area contributed by atoms with Crippen molar-refractivity contribution in [1.82, 2.24) is 0 Å². The summed E-state index contributed by atoms with van der Waals surface area (Å²) in [7, 11) is 1.49. The number of methoxy groups -OCH3 is 1. The monoisotopic (exact) mass is 414 g/mol. The van der Waals surface area contributed by atoms with E-state index in [0.29, 0.717) is 41.8 Å². The number of Topliss-reactive ketones (excluding diaryl/α,β-unsaturated/α-hetero) is 1. The third kappa shape index (κ3) is 3.13. The second-order valence-corrected chi connectivity index (χ2v) is 11.8. The summed E-state index contributed by atoms with van der Waals surface area (Å²) in [6, 6.07) is 0. The average molecular weight is 415 g/mol. The summed E-state index contributed by atoms with van der Waals surface area (Å²) < 4.78 is 4.96. The van der Waals surface area contributed by atoms with E-state index in [1.807, 2.05) is 0 Å². The van der Waals surface area contributed by atoms with Crippen LogP contribution in [0, 0.1) is 52.3 Å². The number of fused-ring (bicyclic) bond motifs is 5. The van der Waals surface area contributed by atoms with Crippen LogP contribution in [0.3, 0.4) is 0 Å². The predicted octanol–water partition coefficient (Wildman–Crippen LogP) is 6.22. The number of hydrogen-bond acceptors (Lipinski definition) is 3. The van der Waals surface area contributed by atoms with Crippen LogP contribution in [-0.4, -0.2) is 18.9 Å². The van der Waals surface area contributed by atoms with Gasteiger partial charge in [0, 0.05) is 12.3 Å². The maximum atomic E-state index is 13.9. The molecule has 30 heavy (non-hydrogen) atoms. The molecular formula is C27H42O3. The minimum atomic E-state index is -0.0974. The molecule has 0 radical (unpaired) electrons. The Balaban J connectivity index is 1.66. The summed E-state index contributed by atoms with van der Waals surface area (Å²) in [5.74, 6) is 3.62. The van der Waals surface area contributed by atoms with Crippen LogP contribution in [0.15, 0.2) is 11.6 Å². The van der Waals surface area contributed by atoms with Crippen LogP contribution >= 0.6 is 0 Å². The van der Waals surface area contributed by atoms with Crippen LogP contribution in [0.2, 0.25) is 0 Å². The first kappa shape index (κ1) is 22.1. The van der Waals surface area contributed by atoms with Gasteiger partial charge in [-0.05, 0) is 97.4 Å². The fourth-order valence-electron chi connectivity index (χ4n) is 8.86. The third-order valence-electron chi connectivity index (χ3n) is 10.5. The molecule has 0 heterocycles. The highest BCUT2D eigenvalue weighted by Crippen LogP contribution is 2.68. The number of carbonyl (C=O) groups is 2. The molecule has 168 valence electrons. The molecule has 3 nitrogen and oxygen atoms in total. The minimum absolute atomic E-state index is 0.0974. The van der Waals surface area contributed by atoms with Crippen molar-refractivity contribution in [3.05, 3.63) is 11.6 Å². The predicted molar refractivity (Wildman–Crippen MR) is 120 cm³/mol. The van der Waals surface area contributed by atoms with Crippen molar-refractivity contribution in [2.75, 3.05) is 7.11 Å². The van der Waals surface area contributed by atoms with Crippen molar-refractivity contribution < 1.29 is 14.3 Å². The first-order chi connectivity index (χ1) is 14.2. The summed E-state index contributed by atoms with van der Waals surface area (Å²) in [6.45, 7) is 11.6. The van der Waals surface area contributed by atoms with Crippen molar-refractivity contribution >= 4 is 11.8 Å². The third-order valence-corrected chi connectivity index (χ3v) is 10.5. The van der Waals surface area contributed by atoms with E-state index in [0.717, 1.165) is 24.3 Å². The van der Waals surface area contributed by atoms with Gasteiger partial charge in [0.15, 0.2) is 5.78 Å². The van der Waals surface area contributed by atoms with E-state index in [1.165, 1.54) is 39.2 Å². The van der Waals surface area contributed by atoms with Crippen LogP contribution in [0.1, 0.15) is 86.0 Å². The maximum absolute atomic E-state index is 13.9. The van der Waals surface area contributed by atoms with E-state index >= 15 is 0 Å². The maximum Gasteiger partial charge on any atom is 0.305 e. The molecule has 3 heteroatoms. The number of carbonyl (C=O) groups excluding carboxylic acids is 2. The Labute approximate surface area is 183 Å². The van der Waals surface area contributed by atoms with E-state index in [2.05, 4.69) is 40.7 Å². The molecule has 4 saturated carbocycles. The Morgan fingerprint density at radius 3 is 2.47 bits per heavy atom. The quantitative estimate of drug-likeness (QED) is 0.407. The molecule has 4 fully saturated rings. The topological polar surface area (TPSA) is 43.4 Å². The molecule has 0 spiro atoms. The molecule has 0 aliphatic heterocycles. The zero-order chi connectivity index (χ0) is 21.8. The highest BCUT2D eigenvalue weighted by Gasteiger charge is 2.64. The van der Waals surface area contributed by atoms with Crippen molar-refractivity contribution in [1.29, 1.82) is 0 Å². The number of allylic oxidation sites excluding steroid dienone is 2. The Morgan fingerprint density at radius 2 is 1.80 bits per heavy atom. The average Bonchev–Trinajstić information content (AvgIpc) is 3.06. The van der Waals surface area contributed by atoms with E-state index < -0.39 is 0 Å². The largest absolute Gasteiger partial charge is 0.469 e. The highest BCUT2D eigenvalue weighted by atomic mass is 16.5. The molecule has 3 unspecified atom stereocenters. The number of rotatable bonds is 3. The number of ether oxygens (including phenoxy) is 1. The highest BCUT2D eigenvalue weighted by molar-refractivity contribution is 5.99. The van der Waals surface area contributed by atoms with Gasteiger partial charge in [-0.3, -0.25) is 9.59 Å². The van der Waals surface area contributed by atoms with E-state index in [4.69, 9.17) is 4.74 Å². The van der Waals surface area contributed by atoms with Crippen molar-refractivity contribution in [3.63, 3.8) is 0 Å². The molecule has 4 aliphatic carbocycles. The van der Waals surface area contributed by atoms with Gasteiger partial charge >= 0.3 is 5.97 Å². The van der Waals surface area contributed by atoms with Gasteiger partial charge < -0.3 is 4.74 Å². The SMILES string of the molecule is C/C=C1/C(=O)C2C3CC[C@H]([C@H](C)CC(=O)OC)[C@@]3(C)CCC2[C@@]2(C)CC[C@@H](C)C[C@@H]12. The molecule has 4 aliphatic rings. The molecule has 0 bridgehead atoms. The summed E-state index contributed by atoms with van der Waals surface area (Å²) >= 11 is 0. The molecule has 4 rings (SSSR count). The lowest BCUT2D eigenvalue weighted by Gasteiger charge is -2.61. The lowest BCUT2D eigenvalue weighted by molar-refractivity contribution is -0.150. The molecule has 0 aromatic heterocycles. The molecule has 0 aromatic rings. The van der Waals surface area contributed by atoms with Crippen molar-refractivity contribution in [3.8, 4) is 0 Å². The molecule has 0 aromatic carbocycles. The second-order valence-electron chi connectivity index (χ2n) is 11.8. The summed E-state index contributed by atoms with van der Waals surface area (Å²) in [6.07, 6.45) is 11.1. The fourth-order valence-corrected chi connectivity index (χ4v) is 8.86. The molecule has 0 N–H and O–H groups in total. The van der Waals surface area contributed by atoms with E-state index in [-0.39, 0.29) is 22.7 Å². The molecule has 9 atom stereocenters. The lowest BCUT2D eigenvalue weighted by atomic mass is 9.42. The van der Waals surface area contributed by atoms with Gasteiger partial charge in [-0.1, -0.05) is 40.2 Å². The summed E-state index contributed by atoms with van der Waals surface area (Å²) in [5, 5.41) is 0. The molecule has 0 saturated heterocycles. The zero-order valence-corrected chi connectivity index (χ0v) is 20.0. The van der Waals surface area contributed by atoms with Crippen LogP contribution in [-0.2, 0) is 14.3 Å². The lowest BCUT2D eigenvalue weighted by Crippen LogP contribution is -2.57. The van der Waals surface area contributed by atoms with Crippen LogP contribution in [0.5, 0.6) is 0 Å². The summed E-state index contributed by atoms with van der Waals surface area (Å²) in [5.41, 5.74) is 1.61. The molecule has 0 amide bonds. The Bertz CT molecular complexity index is 738. The van der Waals surface area contributed by atoms with Gasteiger partial charge in [0.05, 0.1) is 7.11 Å². The van der Waals surface area contributed by atoms with E-state index in [1.54, 1.807) is 0 Å². The Hall–Kier alpha value is -1.12. The molecular weight excluding hydrogens is 372 g/mol. The second kappa shape index (κ2) is 7.78. The van der Waals surface area contributed by atoms with E-state index in [9.17, 15) is 9.59 Å². The standard InChI is InChI=1S/C27H42O3/c1-7-18-22-14-16(2)10-12-27(22,5)21-11-13-26(4)19(17(3)15-23(28)30-6)8-9-20(26)24(21)25(18)29/h7,16-17,19-22,24H,8-15H2,1-6H3/b18-7+/t16-,17-,19-,20?,21?,22+,24?,26-,27-/m1/s1. The van der Waals surface area contributed by atoms with Gasteiger partial charge in [-0.15, -0.1) is 0 Å². The van der Waals surface area contributed by atoms with Gasteiger partial charge in [-0.25, -0.2) is 0 Å². The smallest absolute Gasteiger partial charge is 0.305 e. The van der Waals surface area contributed by atoms with Crippen molar-refractivity contribution in [2.24, 2.45) is 52.3 Å². The normalized spacial score (nSPS) is 47.9. The fraction of sp³-hybridized carbons (Fsp3) is 0.852.